The summed E-state index contributed by atoms with van der Waals surface area (Å²) in [7, 11) is 3.21. The lowest BCUT2D eigenvalue weighted by Gasteiger charge is -2.17. The molecule has 4 rings (SSSR count). The molecule has 1 aromatic carbocycles. The molecule has 0 aliphatic carbocycles. The van der Waals surface area contributed by atoms with Crippen molar-refractivity contribution in [2.24, 2.45) is 0 Å². The monoisotopic (exact) mass is 508 g/mol. The van der Waals surface area contributed by atoms with Crippen molar-refractivity contribution in [2.75, 3.05) is 14.2 Å². The predicted molar refractivity (Wildman–Crippen MR) is 130 cm³/mol. The summed E-state index contributed by atoms with van der Waals surface area (Å²) in [5, 5.41) is 7.83. The fraction of sp³-hybridized carbons (Fsp3) is 0.240. The largest absolute Gasteiger partial charge is 0.496 e. The van der Waals surface area contributed by atoms with Crippen LogP contribution in [0.4, 0.5) is 0 Å². The van der Waals surface area contributed by atoms with Gasteiger partial charge >= 0.3 is 0 Å². The molecule has 0 saturated carbocycles. The van der Waals surface area contributed by atoms with Crippen LogP contribution in [0.5, 0.6) is 5.75 Å². The van der Waals surface area contributed by atoms with E-state index in [2.05, 4.69) is 33.2 Å². The highest BCUT2D eigenvalue weighted by Crippen LogP contribution is 2.33. The predicted octanol–water partition coefficient (Wildman–Crippen LogP) is 4.81. The van der Waals surface area contributed by atoms with Gasteiger partial charge in [-0.25, -0.2) is 4.52 Å². The van der Waals surface area contributed by atoms with Gasteiger partial charge in [0, 0.05) is 52.9 Å². The van der Waals surface area contributed by atoms with E-state index in [-0.39, 0.29) is 12.5 Å². The maximum absolute atomic E-state index is 13.6. The van der Waals surface area contributed by atoms with Crippen LogP contribution in [-0.4, -0.2) is 34.7 Å². The molecule has 0 fully saturated rings. The quantitative estimate of drug-likeness (QED) is 0.369. The second kappa shape index (κ2) is 10.1. The number of para-hydroxylation sites is 1. The number of halogens is 1. The van der Waals surface area contributed by atoms with Gasteiger partial charge in [0.05, 0.1) is 24.8 Å². The summed E-state index contributed by atoms with van der Waals surface area (Å²) in [6.45, 7) is 2.59. The Morgan fingerprint density at radius 1 is 1.15 bits per heavy atom. The molecule has 0 atom stereocenters. The van der Waals surface area contributed by atoms with E-state index in [0.717, 1.165) is 44.5 Å². The number of ether oxygens (including phenoxy) is 2. The maximum atomic E-state index is 13.6. The van der Waals surface area contributed by atoms with Crippen molar-refractivity contribution < 1.29 is 14.3 Å². The van der Waals surface area contributed by atoms with Crippen LogP contribution in [0.2, 0.25) is 0 Å². The summed E-state index contributed by atoms with van der Waals surface area (Å²) < 4.78 is 13.6. The lowest BCUT2D eigenvalue weighted by molar-refractivity contribution is 0.0945. The van der Waals surface area contributed by atoms with Gasteiger partial charge in [0.15, 0.2) is 0 Å². The number of nitrogens with one attached hydrogen (secondary N) is 1. The van der Waals surface area contributed by atoms with Gasteiger partial charge in [-0.15, -0.1) is 0 Å². The van der Waals surface area contributed by atoms with Crippen LogP contribution >= 0.6 is 15.9 Å². The number of carbonyl (C=O) groups excluding carboxylic acids is 1. The van der Waals surface area contributed by atoms with Gasteiger partial charge in [0.25, 0.3) is 5.91 Å². The van der Waals surface area contributed by atoms with E-state index in [1.807, 2.05) is 47.0 Å². The standard InChI is InChI=1S/C25H25BrN4O3/c1-4-19-9-10-21-23(17-11-18(26)14-27-12-17)24(20(15-32-2)29-30(19)21)25(31)28-13-16-7-5-6-8-22(16)33-3/h5-12,14H,4,13,15H2,1-3H3,(H,28,31). The first-order valence-electron chi connectivity index (χ1n) is 10.6. The number of nitrogens with zero attached hydrogens (tertiary/aromatic N) is 3. The number of hydrogen-bond acceptors (Lipinski definition) is 5. The van der Waals surface area contributed by atoms with E-state index in [4.69, 9.17) is 14.6 Å². The molecule has 0 bridgehead atoms. The average Bonchev–Trinajstić information content (AvgIpc) is 3.24. The first-order valence-corrected chi connectivity index (χ1v) is 11.4. The highest BCUT2D eigenvalue weighted by Gasteiger charge is 2.24. The van der Waals surface area contributed by atoms with Crippen LogP contribution < -0.4 is 10.1 Å². The summed E-state index contributed by atoms with van der Waals surface area (Å²) in [6, 6.07) is 13.6. The van der Waals surface area contributed by atoms with Crippen molar-refractivity contribution in [1.29, 1.82) is 0 Å². The van der Waals surface area contributed by atoms with Crippen LogP contribution in [0.1, 0.15) is 34.2 Å². The molecule has 0 saturated heterocycles. The third kappa shape index (κ3) is 4.62. The van der Waals surface area contributed by atoms with Gasteiger partial charge in [0.2, 0.25) is 0 Å². The minimum Gasteiger partial charge on any atom is -0.496 e. The third-order valence-electron chi connectivity index (χ3n) is 5.45. The highest BCUT2D eigenvalue weighted by molar-refractivity contribution is 9.10. The van der Waals surface area contributed by atoms with Crippen molar-refractivity contribution >= 4 is 27.4 Å². The number of aromatic nitrogens is 3. The Bertz CT molecular complexity index is 1300. The SMILES string of the molecule is CCc1ccc2c(-c3cncc(Br)c3)c(C(=O)NCc3ccccc3OC)c(COC)nn12. The van der Waals surface area contributed by atoms with Gasteiger partial charge in [-0.1, -0.05) is 25.1 Å². The first-order chi connectivity index (χ1) is 16.1. The summed E-state index contributed by atoms with van der Waals surface area (Å²) in [5.41, 5.74) is 5.39. The molecule has 170 valence electrons. The summed E-state index contributed by atoms with van der Waals surface area (Å²) >= 11 is 3.51. The van der Waals surface area contributed by atoms with E-state index >= 15 is 0 Å². The van der Waals surface area contributed by atoms with Crippen LogP contribution in [0.25, 0.3) is 16.6 Å². The Balaban J connectivity index is 1.87. The number of pyridine rings is 1. The number of aryl methyl sites for hydroxylation is 1. The highest BCUT2D eigenvalue weighted by atomic mass is 79.9. The molecule has 8 heteroatoms. The number of hydrogen-bond donors (Lipinski definition) is 1. The van der Waals surface area contributed by atoms with Crippen LogP contribution in [-0.2, 0) is 24.3 Å². The minimum absolute atomic E-state index is 0.198. The Morgan fingerprint density at radius 2 is 1.97 bits per heavy atom. The van der Waals surface area contributed by atoms with Crippen molar-refractivity contribution in [3.8, 4) is 16.9 Å². The van der Waals surface area contributed by atoms with E-state index in [1.165, 1.54) is 0 Å². The molecular weight excluding hydrogens is 484 g/mol. The summed E-state index contributed by atoms with van der Waals surface area (Å²) in [5.74, 6) is 0.483. The fourth-order valence-electron chi connectivity index (χ4n) is 3.93. The Morgan fingerprint density at radius 3 is 2.70 bits per heavy atom. The number of fused-ring (bicyclic) bond motifs is 1. The maximum Gasteiger partial charge on any atom is 0.254 e. The lowest BCUT2D eigenvalue weighted by Crippen LogP contribution is -2.26. The second-order valence-corrected chi connectivity index (χ2v) is 8.41. The molecule has 0 aliphatic rings. The lowest BCUT2D eigenvalue weighted by atomic mass is 9.99. The van der Waals surface area contributed by atoms with Crippen LogP contribution in [0, 0.1) is 0 Å². The normalized spacial score (nSPS) is 11.0. The van der Waals surface area contributed by atoms with Gasteiger partial charge < -0.3 is 14.8 Å². The molecule has 3 aromatic heterocycles. The van der Waals surface area contributed by atoms with E-state index in [9.17, 15) is 4.79 Å². The molecular formula is C25H25BrN4O3. The Labute approximate surface area is 200 Å². The zero-order chi connectivity index (χ0) is 23.4. The number of methoxy groups -OCH3 is 2. The molecule has 1 amide bonds. The number of benzene rings is 1. The molecule has 7 nitrogen and oxygen atoms in total. The summed E-state index contributed by atoms with van der Waals surface area (Å²) in [4.78, 5) is 18.0. The second-order valence-electron chi connectivity index (χ2n) is 7.49. The molecule has 3 heterocycles. The van der Waals surface area contributed by atoms with Crippen molar-refractivity contribution in [1.82, 2.24) is 19.9 Å². The van der Waals surface area contributed by atoms with Gasteiger partial charge in [-0.05, 0) is 46.6 Å². The third-order valence-corrected chi connectivity index (χ3v) is 5.88. The molecule has 33 heavy (non-hydrogen) atoms. The number of rotatable bonds is 8. The van der Waals surface area contributed by atoms with Gasteiger partial charge in [0.1, 0.15) is 11.4 Å². The van der Waals surface area contributed by atoms with Crippen molar-refractivity contribution in [3.05, 3.63) is 81.8 Å². The first kappa shape index (κ1) is 22.9. The average molecular weight is 509 g/mol. The minimum atomic E-state index is -0.239. The Kier molecular flexibility index (Phi) is 7.05. The van der Waals surface area contributed by atoms with Gasteiger partial charge in [-0.3, -0.25) is 9.78 Å². The van der Waals surface area contributed by atoms with Crippen molar-refractivity contribution in [2.45, 2.75) is 26.5 Å². The fourth-order valence-corrected chi connectivity index (χ4v) is 4.29. The van der Waals surface area contributed by atoms with Crippen LogP contribution in [0.3, 0.4) is 0 Å². The van der Waals surface area contributed by atoms with E-state index in [1.54, 1.807) is 26.6 Å². The topological polar surface area (TPSA) is 77.8 Å². The molecule has 0 spiro atoms. The summed E-state index contributed by atoms with van der Waals surface area (Å²) in [6.07, 6.45) is 4.28. The van der Waals surface area contributed by atoms with Crippen LogP contribution in [0.15, 0.2) is 59.3 Å². The van der Waals surface area contributed by atoms with Gasteiger partial charge in [-0.2, -0.15) is 5.10 Å². The van der Waals surface area contributed by atoms with E-state index in [0.29, 0.717) is 17.8 Å². The smallest absolute Gasteiger partial charge is 0.254 e. The number of carbonyl (C=O) groups is 1. The molecule has 4 aromatic rings. The molecule has 0 radical (unpaired) electrons. The Hall–Kier alpha value is -3.23. The zero-order valence-electron chi connectivity index (χ0n) is 18.8. The number of amides is 1. The molecule has 0 unspecified atom stereocenters. The van der Waals surface area contributed by atoms with Crippen molar-refractivity contribution in [3.63, 3.8) is 0 Å². The zero-order valence-corrected chi connectivity index (χ0v) is 20.3. The molecule has 1 N–H and O–H groups in total. The van der Waals surface area contributed by atoms with E-state index < -0.39 is 0 Å². The molecule has 0 aliphatic heterocycles.